The average molecular weight is 905 g/mol. The third-order valence-corrected chi connectivity index (χ3v) is 14.9. The van der Waals surface area contributed by atoms with Gasteiger partial charge in [-0.25, -0.2) is 5.43 Å². The summed E-state index contributed by atoms with van der Waals surface area (Å²) in [4.78, 5) is 55.8. The Morgan fingerprint density at radius 3 is 2.50 bits per heavy atom. The molecule has 0 radical (unpaired) electrons. The Morgan fingerprint density at radius 2 is 1.80 bits per heavy atom. The number of carboxylic acid groups (broad SMARTS) is 1. The molecular formula is C51H68N8O7. The Balaban J connectivity index is 1.14. The zero-order chi connectivity index (χ0) is 46.4. The summed E-state index contributed by atoms with van der Waals surface area (Å²) >= 11 is 0. The minimum absolute atomic E-state index is 0.0364. The number of carbonyl (C=O) groups is 3. The maximum absolute atomic E-state index is 14.4. The minimum atomic E-state index is -1.03. The van der Waals surface area contributed by atoms with Crippen LogP contribution in [0, 0.1) is 17.3 Å². The molecule has 4 N–H and O–H groups in total. The van der Waals surface area contributed by atoms with E-state index in [0.717, 1.165) is 101 Å². The lowest BCUT2D eigenvalue weighted by Crippen LogP contribution is -2.60. The number of fused-ring (bicyclic) bond motifs is 7. The van der Waals surface area contributed by atoms with Crippen LogP contribution in [0.4, 0.5) is 5.69 Å². The molecule has 1 aromatic carbocycles. The van der Waals surface area contributed by atoms with E-state index in [-0.39, 0.29) is 37.4 Å². The number of carbonyl (C=O) groups excluding carboxylic acids is 2. The standard InChI is InChI=1S/C51H68N8O7/c1-7-58-42-15-12-32(24-36(42)43-44(51(4,5)29-60)47(65-6)45-37(46(43)58)26-35(27-52-45)57-19-17-56(18-20-57)34-13-14-34)40-23-31-10-9-21-66-28-38(30(2)3)48(61)54-41(25-33(22-31)53-40)49(62)59-16-8-11-39(55-59)50(63)64/h12,15,22-24,26-27,30,34,38-39,41,44,47,55,60H,7-11,13-14,16-21,25,28-29H2,1-6H3,(H,54,61)(H,63,64)/t38-,39-,41-,44?,47-/m0/s1. The van der Waals surface area contributed by atoms with Crippen LogP contribution in [-0.4, -0.2) is 130 Å². The predicted octanol–water partition coefficient (Wildman–Crippen LogP) is 5.72. The maximum Gasteiger partial charge on any atom is 0.322 e. The first kappa shape index (κ1) is 46.2. The second kappa shape index (κ2) is 19.0. The number of nitrogens with one attached hydrogen (secondary N) is 2. The van der Waals surface area contributed by atoms with E-state index in [9.17, 15) is 24.6 Å². The number of nitrogens with zero attached hydrogens (tertiary/aromatic N) is 6. The summed E-state index contributed by atoms with van der Waals surface area (Å²) in [5.74, 6) is -2.46. The molecule has 3 aliphatic heterocycles. The molecule has 354 valence electrons. The SMILES string of the molecule is CCn1c2c(c3cc(-c4cc5cc(n4)C[C@@H](C(=O)N4CCC[C@@H](C(=O)O)N4)NC(=O)[C@H](C(C)C)COCCC5)ccc31)C(C(C)(C)CO)[C@H](OC)c1ncc(N3CCN(C4CC4)CC3)cc1-2. The average Bonchev–Trinajstić information content (AvgIpc) is 4.12. The van der Waals surface area contributed by atoms with Crippen molar-refractivity contribution in [2.75, 3.05) is 64.6 Å². The van der Waals surface area contributed by atoms with Gasteiger partial charge in [-0.15, -0.1) is 0 Å². The van der Waals surface area contributed by atoms with Gasteiger partial charge in [0.25, 0.3) is 5.91 Å². The van der Waals surface area contributed by atoms with Crippen LogP contribution >= 0.6 is 0 Å². The third-order valence-electron chi connectivity index (χ3n) is 14.9. The first-order valence-corrected chi connectivity index (χ1v) is 24.3. The van der Waals surface area contributed by atoms with Gasteiger partial charge in [0.05, 0.1) is 41.5 Å². The number of rotatable bonds is 10. The number of hydrogen-bond donors (Lipinski definition) is 4. The second-order valence-corrected chi connectivity index (χ2v) is 20.2. The van der Waals surface area contributed by atoms with Crippen LogP contribution in [0.1, 0.15) is 101 Å². The highest BCUT2D eigenvalue weighted by Crippen LogP contribution is 2.57. The molecule has 9 rings (SSSR count). The number of methoxy groups -OCH3 is 1. The van der Waals surface area contributed by atoms with Gasteiger partial charge in [-0.2, -0.15) is 0 Å². The highest BCUT2D eigenvalue weighted by Gasteiger charge is 2.47. The van der Waals surface area contributed by atoms with Crippen molar-refractivity contribution < 1.29 is 34.1 Å². The van der Waals surface area contributed by atoms with Gasteiger partial charge in [-0.05, 0) is 98.2 Å². The topological polar surface area (TPSA) is 175 Å². The summed E-state index contributed by atoms with van der Waals surface area (Å²) in [5, 5.41) is 26.3. The van der Waals surface area contributed by atoms with Crippen molar-refractivity contribution in [2.45, 2.75) is 116 Å². The van der Waals surface area contributed by atoms with E-state index in [2.05, 4.69) is 76.2 Å². The van der Waals surface area contributed by atoms with Crippen LogP contribution in [0.3, 0.4) is 0 Å². The first-order chi connectivity index (χ1) is 31.8. The van der Waals surface area contributed by atoms with Crippen molar-refractivity contribution in [3.8, 4) is 22.5 Å². The molecule has 3 aromatic heterocycles. The smallest absolute Gasteiger partial charge is 0.322 e. The number of hydrogen-bond acceptors (Lipinski definition) is 11. The van der Waals surface area contributed by atoms with E-state index in [0.29, 0.717) is 38.1 Å². The van der Waals surface area contributed by atoms with Crippen molar-refractivity contribution in [1.82, 2.24) is 35.2 Å². The number of aryl methyl sites for hydroxylation is 2. The summed E-state index contributed by atoms with van der Waals surface area (Å²) in [5.41, 5.74) is 12.0. The normalized spacial score (nSPS) is 24.5. The molecule has 66 heavy (non-hydrogen) atoms. The Morgan fingerprint density at radius 1 is 1.02 bits per heavy atom. The van der Waals surface area contributed by atoms with Crippen molar-refractivity contribution in [3.05, 3.63) is 65.1 Å². The number of carboxylic acids is 1. The van der Waals surface area contributed by atoms with Crippen LogP contribution in [0.2, 0.25) is 0 Å². The Bertz CT molecular complexity index is 2460. The number of pyridine rings is 2. The first-order valence-electron chi connectivity index (χ1n) is 24.3. The fraction of sp³-hybridized carbons (Fsp3) is 0.588. The number of aliphatic carboxylic acids is 1. The fourth-order valence-corrected chi connectivity index (χ4v) is 11.0. The van der Waals surface area contributed by atoms with Gasteiger partial charge in [-0.3, -0.25) is 34.3 Å². The van der Waals surface area contributed by atoms with E-state index in [4.69, 9.17) is 19.4 Å². The fourth-order valence-electron chi connectivity index (χ4n) is 11.0. The molecule has 1 saturated carbocycles. The van der Waals surface area contributed by atoms with Crippen LogP contribution in [0.5, 0.6) is 0 Å². The van der Waals surface area contributed by atoms with Gasteiger partial charge in [0.15, 0.2) is 0 Å². The Hall–Kier alpha value is -4.93. The summed E-state index contributed by atoms with van der Waals surface area (Å²) in [6.45, 7) is 16.0. The number of anilines is 1. The van der Waals surface area contributed by atoms with Crippen LogP contribution in [-0.2, 0) is 43.2 Å². The summed E-state index contributed by atoms with van der Waals surface area (Å²) in [6, 6.07) is 11.8. The highest BCUT2D eigenvalue weighted by atomic mass is 16.5. The van der Waals surface area contributed by atoms with E-state index < -0.39 is 41.4 Å². The monoisotopic (exact) mass is 905 g/mol. The molecule has 6 heterocycles. The van der Waals surface area contributed by atoms with Gasteiger partial charge in [0, 0.05) is 106 Å². The van der Waals surface area contributed by atoms with E-state index >= 15 is 0 Å². The van der Waals surface area contributed by atoms with Gasteiger partial charge in [0.1, 0.15) is 18.2 Å². The number of ether oxygens (including phenoxy) is 2. The Labute approximate surface area is 388 Å². The molecule has 2 aliphatic carbocycles. The van der Waals surface area contributed by atoms with E-state index in [1.165, 1.54) is 17.9 Å². The van der Waals surface area contributed by atoms with Gasteiger partial charge in [0.2, 0.25) is 5.91 Å². The summed E-state index contributed by atoms with van der Waals surface area (Å²) < 4.78 is 14.9. The lowest BCUT2D eigenvalue weighted by Gasteiger charge is -2.42. The second-order valence-electron chi connectivity index (χ2n) is 20.2. The number of aliphatic hydroxyl groups excluding tert-OH is 1. The number of aromatic nitrogens is 3. The number of hydrazine groups is 1. The minimum Gasteiger partial charge on any atom is -0.480 e. The van der Waals surface area contributed by atoms with Crippen molar-refractivity contribution in [1.29, 1.82) is 0 Å². The predicted molar refractivity (Wildman–Crippen MR) is 253 cm³/mol. The molecule has 3 fully saturated rings. The molecule has 15 heteroatoms. The molecule has 5 atom stereocenters. The summed E-state index contributed by atoms with van der Waals surface area (Å²) in [7, 11) is 1.75. The molecule has 4 aromatic rings. The number of amides is 2. The quantitative estimate of drug-likeness (QED) is 0.153. The molecule has 2 bridgehead atoms. The molecule has 2 saturated heterocycles. The van der Waals surface area contributed by atoms with Crippen LogP contribution < -0.4 is 15.6 Å². The third kappa shape index (κ3) is 8.96. The lowest BCUT2D eigenvalue weighted by atomic mass is 9.67. The largest absolute Gasteiger partial charge is 0.480 e. The zero-order valence-electron chi connectivity index (χ0n) is 39.5. The molecule has 2 amide bonds. The number of piperazine rings is 1. The maximum atomic E-state index is 14.4. The molecule has 1 unspecified atom stereocenters. The van der Waals surface area contributed by atoms with Crippen LogP contribution in [0.15, 0.2) is 42.6 Å². The van der Waals surface area contributed by atoms with Crippen molar-refractivity contribution in [3.63, 3.8) is 0 Å². The van der Waals surface area contributed by atoms with Gasteiger partial charge < -0.3 is 34.5 Å². The molecule has 15 nitrogen and oxygen atoms in total. The zero-order valence-corrected chi connectivity index (χ0v) is 39.5. The van der Waals surface area contributed by atoms with Gasteiger partial charge >= 0.3 is 5.97 Å². The number of aliphatic hydroxyl groups is 1. The van der Waals surface area contributed by atoms with Crippen molar-refractivity contribution >= 4 is 34.4 Å². The molecule has 0 spiro atoms. The number of benzene rings is 1. The van der Waals surface area contributed by atoms with E-state index in [1.807, 2.05) is 26.1 Å². The lowest BCUT2D eigenvalue weighted by molar-refractivity contribution is -0.149. The van der Waals surface area contributed by atoms with E-state index in [1.54, 1.807) is 7.11 Å². The van der Waals surface area contributed by atoms with Crippen molar-refractivity contribution in [2.24, 2.45) is 17.3 Å². The van der Waals surface area contributed by atoms with Crippen LogP contribution in [0.25, 0.3) is 33.4 Å². The summed E-state index contributed by atoms with van der Waals surface area (Å²) in [6.07, 6.45) is 6.69. The Kier molecular flexibility index (Phi) is 13.3. The highest BCUT2D eigenvalue weighted by molar-refractivity contribution is 5.97. The molecule has 5 aliphatic rings. The molecular weight excluding hydrogens is 837 g/mol. The van der Waals surface area contributed by atoms with Gasteiger partial charge in [-0.1, -0.05) is 33.8 Å².